The predicted octanol–water partition coefficient (Wildman–Crippen LogP) is -0.306. The SMILES string of the molecule is COc1ccc(OC)c(C(N)C(=O)NN)c1. The monoisotopic (exact) mass is 225 g/mol. The van der Waals surface area contributed by atoms with Gasteiger partial charge in [-0.25, -0.2) is 5.84 Å². The Morgan fingerprint density at radius 1 is 1.38 bits per heavy atom. The molecule has 16 heavy (non-hydrogen) atoms. The van der Waals surface area contributed by atoms with Gasteiger partial charge in [-0.1, -0.05) is 0 Å². The number of carbonyl (C=O) groups excluding carboxylic acids is 1. The lowest BCUT2D eigenvalue weighted by Crippen LogP contribution is -2.38. The number of amides is 1. The van der Waals surface area contributed by atoms with Crippen LogP contribution in [0.25, 0.3) is 0 Å². The van der Waals surface area contributed by atoms with Crippen LogP contribution in [0.5, 0.6) is 11.5 Å². The second kappa shape index (κ2) is 5.34. The lowest BCUT2D eigenvalue weighted by molar-refractivity contribution is -0.122. The molecule has 0 fully saturated rings. The summed E-state index contributed by atoms with van der Waals surface area (Å²) in [7, 11) is 3.03. The van der Waals surface area contributed by atoms with E-state index in [0.717, 1.165) is 0 Å². The molecule has 0 aliphatic heterocycles. The number of nitrogens with one attached hydrogen (secondary N) is 1. The van der Waals surface area contributed by atoms with Crippen LogP contribution < -0.4 is 26.5 Å². The van der Waals surface area contributed by atoms with Crippen LogP contribution in [0.3, 0.4) is 0 Å². The normalized spacial score (nSPS) is 11.8. The van der Waals surface area contributed by atoms with Gasteiger partial charge in [-0.2, -0.15) is 0 Å². The molecule has 1 aromatic rings. The summed E-state index contributed by atoms with van der Waals surface area (Å²) in [6, 6.07) is 4.14. The highest BCUT2D eigenvalue weighted by Crippen LogP contribution is 2.28. The van der Waals surface area contributed by atoms with E-state index >= 15 is 0 Å². The maximum Gasteiger partial charge on any atom is 0.255 e. The van der Waals surface area contributed by atoms with E-state index in [4.69, 9.17) is 21.1 Å². The van der Waals surface area contributed by atoms with Crippen LogP contribution in [0.4, 0.5) is 0 Å². The van der Waals surface area contributed by atoms with Crippen LogP contribution in [-0.2, 0) is 4.79 Å². The standard InChI is InChI=1S/C10H15N3O3/c1-15-6-3-4-8(16-2)7(5-6)9(11)10(14)13-12/h3-5,9H,11-12H2,1-2H3,(H,13,14). The summed E-state index contributed by atoms with van der Waals surface area (Å²) in [6.07, 6.45) is 0. The minimum atomic E-state index is -0.893. The summed E-state index contributed by atoms with van der Waals surface area (Å²) >= 11 is 0. The summed E-state index contributed by atoms with van der Waals surface area (Å²) in [5.41, 5.74) is 8.23. The molecular formula is C10H15N3O3. The Bertz CT molecular complexity index is 382. The number of nitrogens with two attached hydrogens (primary N) is 2. The molecule has 1 rings (SSSR count). The third-order valence-corrected chi connectivity index (χ3v) is 2.20. The van der Waals surface area contributed by atoms with Crippen molar-refractivity contribution in [1.29, 1.82) is 0 Å². The lowest BCUT2D eigenvalue weighted by Gasteiger charge is -2.15. The second-order valence-electron chi connectivity index (χ2n) is 3.09. The summed E-state index contributed by atoms with van der Waals surface area (Å²) in [5, 5.41) is 0. The summed E-state index contributed by atoms with van der Waals surface area (Å²) in [6.45, 7) is 0. The second-order valence-corrected chi connectivity index (χ2v) is 3.09. The van der Waals surface area contributed by atoms with Crippen LogP contribution >= 0.6 is 0 Å². The van der Waals surface area contributed by atoms with Crippen molar-refractivity contribution in [3.63, 3.8) is 0 Å². The first kappa shape index (κ1) is 12.3. The summed E-state index contributed by atoms with van der Waals surface area (Å²) in [4.78, 5) is 11.3. The summed E-state index contributed by atoms with van der Waals surface area (Å²) in [5.74, 6) is 5.63. The largest absolute Gasteiger partial charge is 0.497 e. The molecule has 5 N–H and O–H groups in total. The molecule has 1 unspecified atom stereocenters. The zero-order valence-corrected chi connectivity index (χ0v) is 9.19. The number of hydrogen-bond donors (Lipinski definition) is 3. The fourth-order valence-electron chi connectivity index (χ4n) is 1.31. The molecule has 1 atom stereocenters. The number of ether oxygens (including phenoxy) is 2. The molecule has 88 valence electrons. The Balaban J connectivity index is 3.12. The van der Waals surface area contributed by atoms with Crippen molar-refractivity contribution in [2.24, 2.45) is 11.6 Å². The third-order valence-electron chi connectivity index (χ3n) is 2.20. The van der Waals surface area contributed by atoms with Gasteiger partial charge in [0.2, 0.25) is 0 Å². The van der Waals surface area contributed by atoms with Gasteiger partial charge >= 0.3 is 0 Å². The smallest absolute Gasteiger partial charge is 0.255 e. The number of benzene rings is 1. The van der Waals surface area contributed by atoms with E-state index in [-0.39, 0.29) is 0 Å². The van der Waals surface area contributed by atoms with Crippen molar-refractivity contribution >= 4 is 5.91 Å². The highest BCUT2D eigenvalue weighted by atomic mass is 16.5. The zero-order valence-electron chi connectivity index (χ0n) is 9.19. The number of carbonyl (C=O) groups is 1. The number of rotatable bonds is 4. The minimum absolute atomic E-state index is 0.494. The van der Waals surface area contributed by atoms with Gasteiger partial charge in [0.05, 0.1) is 14.2 Å². The van der Waals surface area contributed by atoms with Crippen LogP contribution in [0.1, 0.15) is 11.6 Å². The Hall–Kier alpha value is -1.79. The first-order valence-electron chi connectivity index (χ1n) is 4.62. The molecule has 1 amide bonds. The Morgan fingerprint density at radius 3 is 2.56 bits per heavy atom. The third kappa shape index (κ3) is 2.41. The topological polar surface area (TPSA) is 99.6 Å². The van der Waals surface area contributed by atoms with Gasteiger partial charge in [0.1, 0.15) is 17.5 Å². The first-order chi connectivity index (χ1) is 7.63. The maximum absolute atomic E-state index is 11.3. The predicted molar refractivity (Wildman–Crippen MR) is 58.8 cm³/mol. The van der Waals surface area contributed by atoms with Crippen molar-refractivity contribution in [2.75, 3.05) is 14.2 Å². The molecule has 1 aromatic carbocycles. The van der Waals surface area contributed by atoms with Gasteiger partial charge in [-0.05, 0) is 18.2 Å². The number of methoxy groups -OCH3 is 2. The van der Waals surface area contributed by atoms with Gasteiger partial charge < -0.3 is 15.2 Å². The number of hydrazine groups is 1. The van der Waals surface area contributed by atoms with E-state index in [2.05, 4.69) is 0 Å². The van der Waals surface area contributed by atoms with Crippen LogP contribution in [0, 0.1) is 0 Å². The molecule has 0 radical (unpaired) electrons. The van der Waals surface area contributed by atoms with Gasteiger partial charge in [-0.15, -0.1) is 0 Å². The maximum atomic E-state index is 11.3. The van der Waals surface area contributed by atoms with Crippen molar-refractivity contribution in [1.82, 2.24) is 5.43 Å². The van der Waals surface area contributed by atoms with E-state index in [1.54, 1.807) is 18.2 Å². The quantitative estimate of drug-likeness (QED) is 0.371. The molecule has 0 aromatic heterocycles. The molecule has 6 heteroatoms. The fourth-order valence-corrected chi connectivity index (χ4v) is 1.31. The van der Waals surface area contributed by atoms with Crippen molar-refractivity contribution < 1.29 is 14.3 Å². The average molecular weight is 225 g/mol. The van der Waals surface area contributed by atoms with Gasteiger partial charge in [0.25, 0.3) is 5.91 Å². The van der Waals surface area contributed by atoms with E-state index in [9.17, 15) is 4.79 Å². The molecule has 0 saturated carbocycles. The molecule has 0 aliphatic carbocycles. The first-order valence-corrected chi connectivity index (χ1v) is 4.62. The minimum Gasteiger partial charge on any atom is -0.497 e. The zero-order chi connectivity index (χ0) is 12.1. The molecular weight excluding hydrogens is 210 g/mol. The Kier molecular flexibility index (Phi) is 4.10. The molecule has 0 saturated heterocycles. The van der Waals surface area contributed by atoms with E-state index in [0.29, 0.717) is 17.1 Å². The fraction of sp³-hybridized carbons (Fsp3) is 0.300. The molecule has 0 heterocycles. The number of hydrogen-bond acceptors (Lipinski definition) is 5. The van der Waals surface area contributed by atoms with Crippen molar-refractivity contribution in [3.8, 4) is 11.5 Å². The van der Waals surface area contributed by atoms with Gasteiger partial charge in [-0.3, -0.25) is 10.2 Å². The Labute approximate surface area is 93.5 Å². The van der Waals surface area contributed by atoms with E-state index < -0.39 is 11.9 Å². The molecule has 6 nitrogen and oxygen atoms in total. The van der Waals surface area contributed by atoms with E-state index in [1.807, 2.05) is 5.43 Å². The van der Waals surface area contributed by atoms with Gasteiger partial charge in [0.15, 0.2) is 0 Å². The van der Waals surface area contributed by atoms with Crippen LogP contribution in [0.15, 0.2) is 18.2 Å². The molecule has 0 bridgehead atoms. The molecule has 0 aliphatic rings. The average Bonchev–Trinajstić information content (AvgIpc) is 2.35. The highest BCUT2D eigenvalue weighted by molar-refractivity contribution is 5.83. The van der Waals surface area contributed by atoms with Gasteiger partial charge in [0, 0.05) is 5.56 Å². The molecule has 0 spiro atoms. The van der Waals surface area contributed by atoms with Crippen LogP contribution in [-0.4, -0.2) is 20.1 Å². The summed E-state index contributed by atoms with van der Waals surface area (Å²) < 4.78 is 10.1. The van der Waals surface area contributed by atoms with E-state index in [1.165, 1.54) is 14.2 Å². The van der Waals surface area contributed by atoms with Crippen LogP contribution in [0.2, 0.25) is 0 Å². The highest BCUT2D eigenvalue weighted by Gasteiger charge is 2.19. The Morgan fingerprint density at radius 2 is 2.06 bits per heavy atom. The van der Waals surface area contributed by atoms with Crippen molar-refractivity contribution in [3.05, 3.63) is 23.8 Å². The lowest BCUT2D eigenvalue weighted by atomic mass is 10.1. The van der Waals surface area contributed by atoms with Crippen molar-refractivity contribution in [2.45, 2.75) is 6.04 Å².